The molecule has 1 N–H and O–H groups in total. The number of benzene rings is 1. The summed E-state index contributed by atoms with van der Waals surface area (Å²) in [5.74, 6) is -0.108. The van der Waals surface area contributed by atoms with Crippen LogP contribution in [-0.2, 0) is 16.9 Å². The zero-order chi connectivity index (χ0) is 14.8. The molecule has 20 heavy (non-hydrogen) atoms. The molecule has 106 valence electrons. The maximum Gasteiger partial charge on any atom is 0.248 e. The first kappa shape index (κ1) is 14.2. The Morgan fingerprint density at radius 2 is 2.00 bits per heavy atom. The molecule has 0 aliphatic rings. The highest BCUT2D eigenvalue weighted by molar-refractivity contribution is 5.92. The zero-order valence-electron chi connectivity index (χ0n) is 11.8. The van der Waals surface area contributed by atoms with E-state index < -0.39 is 5.60 Å². The Labute approximate surface area is 117 Å². The van der Waals surface area contributed by atoms with Gasteiger partial charge in [-0.2, -0.15) is 0 Å². The molecule has 0 aliphatic carbocycles. The van der Waals surface area contributed by atoms with Gasteiger partial charge in [0.05, 0.1) is 6.20 Å². The number of aromatic nitrogens is 3. The summed E-state index contributed by atoms with van der Waals surface area (Å²) in [6.45, 7) is 3.33. The monoisotopic (exact) mass is 274 g/mol. The molecule has 0 bridgehead atoms. The van der Waals surface area contributed by atoms with Crippen LogP contribution in [0.25, 0.3) is 0 Å². The van der Waals surface area contributed by atoms with Crippen molar-refractivity contribution in [1.29, 1.82) is 0 Å². The van der Waals surface area contributed by atoms with Gasteiger partial charge in [-0.1, -0.05) is 23.4 Å². The molecule has 0 aliphatic heterocycles. The Balaban J connectivity index is 2.07. The summed E-state index contributed by atoms with van der Waals surface area (Å²) in [4.78, 5) is 13.7. The molecule has 0 atom stereocenters. The molecule has 6 heteroatoms. The first-order valence-electron chi connectivity index (χ1n) is 6.32. The van der Waals surface area contributed by atoms with Gasteiger partial charge in [-0.25, -0.2) is 4.68 Å². The maximum atomic E-state index is 12.1. The van der Waals surface area contributed by atoms with E-state index in [9.17, 15) is 9.90 Å². The largest absolute Gasteiger partial charge is 0.384 e. The second kappa shape index (κ2) is 5.42. The standard InChI is InChI=1S/C14H18N4O2/c1-14(2,20)12-9-18(16-15-12)10-13(19)17(3)11-7-5-4-6-8-11/h4-9,20H,10H2,1-3H3. The molecule has 0 radical (unpaired) electrons. The summed E-state index contributed by atoms with van der Waals surface area (Å²) in [7, 11) is 1.71. The van der Waals surface area contributed by atoms with Crippen molar-refractivity contribution in [2.45, 2.75) is 26.0 Å². The van der Waals surface area contributed by atoms with Crippen molar-refractivity contribution in [3.8, 4) is 0 Å². The predicted octanol–water partition coefficient (Wildman–Crippen LogP) is 1.17. The number of likely N-dealkylation sites (N-methyl/N-ethyl adjacent to an activating group) is 1. The molecule has 0 saturated carbocycles. The van der Waals surface area contributed by atoms with Gasteiger partial charge in [0.2, 0.25) is 5.91 Å². The van der Waals surface area contributed by atoms with E-state index in [2.05, 4.69) is 10.3 Å². The minimum absolute atomic E-state index is 0.0779. The number of carbonyl (C=O) groups is 1. The number of hydrogen-bond donors (Lipinski definition) is 1. The Morgan fingerprint density at radius 1 is 1.35 bits per heavy atom. The van der Waals surface area contributed by atoms with Crippen molar-refractivity contribution >= 4 is 11.6 Å². The molecule has 6 nitrogen and oxygen atoms in total. The molecule has 1 aromatic heterocycles. The lowest BCUT2D eigenvalue weighted by Crippen LogP contribution is -2.30. The molecule has 0 saturated heterocycles. The fourth-order valence-electron chi connectivity index (χ4n) is 1.70. The number of nitrogens with zero attached hydrogens (tertiary/aromatic N) is 4. The molecular formula is C14H18N4O2. The van der Waals surface area contributed by atoms with Gasteiger partial charge in [0.25, 0.3) is 0 Å². The number of hydrogen-bond acceptors (Lipinski definition) is 4. The van der Waals surface area contributed by atoms with Crippen LogP contribution in [0.5, 0.6) is 0 Å². The van der Waals surface area contributed by atoms with Gasteiger partial charge in [-0.15, -0.1) is 5.10 Å². The lowest BCUT2D eigenvalue weighted by atomic mass is 10.1. The third-order valence-corrected chi connectivity index (χ3v) is 2.98. The van der Waals surface area contributed by atoms with E-state index in [4.69, 9.17) is 0 Å². The first-order chi connectivity index (χ1) is 9.38. The van der Waals surface area contributed by atoms with Gasteiger partial charge in [0.1, 0.15) is 17.8 Å². The van der Waals surface area contributed by atoms with Crippen LogP contribution < -0.4 is 4.90 Å². The van der Waals surface area contributed by atoms with Gasteiger partial charge in [0.15, 0.2) is 0 Å². The quantitative estimate of drug-likeness (QED) is 0.908. The number of aliphatic hydroxyl groups is 1. The summed E-state index contributed by atoms with van der Waals surface area (Å²) in [5, 5.41) is 17.5. The third kappa shape index (κ3) is 3.21. The van der Waals surface area contributed by atoms with E-state index >= 15 is 0 Å². The van der Waals surface area contributed by atoms with E-state index in [-0.39, 0.29) is 12.5 Å². The fourth-order valence-corrected chi connectivity index (χ4v) is 1.70. The summed E-state index contributed by atoms with van der Waals surface area (Å²) in [6, 6.07) is 9.37. The normalized spacial score (nSPS) is 11.4. The van der Waals surface area contributed by atoms with Crippen molar-refractivity contribution in [1.82, 2.24) is 15.0 Å². The van der Waals surface area contributed by atoms with E-state index in [0.29, 0.717) is 5.69 Å². The van der Waals surface area contributed by atoms with Crippen molar-refractivity contribution in [2.75, 3.05) is 11.9 Å². The Kier molecular flexibility index (Phi) is 3.85. The Bertz CT molecular complexity index is 587. The zero-order valence-corrected chi connectivity index (χ0v) is 11.8. The van der Waals surface area contributed by atoms with E-state index in [1.54, 1.807) is 32.0 Å². The van der Waals surface area contributed by atoms with Gasteiger partial charge >= 0.3 is 0 Å². The van der Waals surface area contributed by atoms with Crippen LogP contribution in [0, 0.1) is 0 Å². The molecule has 2 aromatic rings. The molecule has 0 unspecified atom stereocenters. The molecule has 0 fully saturated rings. The first-order valence-corrected chi connectivity index (χ1v) is 6.32. The van der Waals surface area contributed by atoms with Crippen molar-refractivity contribution < 1.29 is 9.90 Å². The SMILES string of the molecule is CN(C(=O)Cn1cc(C(C)(C)O)nn1)c1ccccc1. The highest BCUT2D eigenvalue weighted by Crippen LogP contribution is 2.16. The Hall–Kier alpha value is -2.21. The molecule has 1 heterocycles. The smallest absolute Gasteiger partial charge is 0.248 e. The van der Waals surface area contributed by atoms with Crippen LogP contribution in [-0.4, -0.2) is 33.1 Å². The number of amides is 1. The molecular weight excluding hydrogens is 256 g/mol. The van der Waals surface area contributed by atoms with Crippen molar-refractivity contribution in [3.63, 3.8) is 0 Å². The fraction of sp³-hybridized carbons (Fsp3) is 0.357. The van der Waals surface area contributed by atoms with Gasteiger partial charge < -0.3 is 10.0 Å². The minimum atomic E-state index is -1.06. The van der Waals surface area contributed by atoms with E-state index in [1.165, 1.54) is 4.68 Å². The molecule has 1 amide bonds. The van der Waals surface area contributed by atoms with Crippen LogP contribution in [0.4, 0.5) is 5.69 Å². The van der Waals surface area contributed by atoms with Gasteiger partial charge in [-0.3, -0.25) is 4.79 Å². The summed E-state index contributed by atoms with van der Waals surface area (Å²) in [6.07, 6.45) is 1.58. The minimum Gasteiger partial charge on any atom is -0.384 e. The highest BCUT2D eigenvalue weighted by Gasteiger charge is 2.21. The van der Waals surface area contributed by atoms with E-state index in [0.717, 1.165) is 5.69 Å². The lowest BCUT2D eigenvalue weighted by molar-refractivity contribution is -0.119. The van der Waals surface area contributed by atoms with Gasteiger partial charge in [-0.05, 0) is 26.0 Å². The average molecular weight is 274 g/mol. The second-order valence-corrected chi connectivity index (χ2v) is 5.15. The van der Waals surface area contributed by atoms with Gasteiger partial charge in [0, 0.05) is 12.7 Å². The van der Waals surface area contributed by atoms with Crippen LogP contribution in [0.3, 0.4) is 0 Å². The summed E-state index contributed by atoms with van der Waals surface area (Å²) < 4.78 is 1.43. The lowest BCUT2D eigenvalue weighted by Gasteiger charge is -2.17. The van der Waals surface area contributed by atoms with Crippen LogP contribution >= 0.6 is 0 Å². The maximum absolute atomic E-state index is 12.1. The van der Waals surface area contributed by atoms with Crippen molar-refractivity contribution in [3.05, 3.63) is 42.2 Å². The topological polar surface area (TPSA) is 71.2 Å². The average Bonchev–Trinajstić information content (AvgIpc) is 2.87. The Morgan fingerprint density at radius 3 is 2.55 bits per heavy atom. The van der Waals surface area contributed by atoms with Crippen LogP contribution in [0.2, 0.25) is 0 Å². The number of anilines is 1. The summed E-state index contributed by atoms with van der Waals surface area (Å²) in [5.41, 5.74) is 0.195. The number of carbonyl (C=O) groups excluding carboxylic acids is 1. The predicted molar refractivity (Wildman–Crippen MR) is 75.1 cm³/mol. The molecule has 0 spiro atoms. The number of rotatable bonds is 4. The van der Waals surface area contributed by atoms with E-state index in [1.807, 2.05) is 30.3 Å². The van der Waals surface area contributed by atoms with Crippen molar-refractivity contribution in [2.24, 2.45) is 0 Å². The third-order valence-electron chi connectivity index (χ3n) is 2.98. The molecule has 1 aromatic carbocycles. The summed E-state index contributed by atoms with van der Waals surface area (Å²) >= 11 is 0. The van der Waals surface area contributed by atoms with Crippen LogP contribution in [0.1, 0.15) is 19.5 Å². The number of para-hydroxylation sites is 1. The van der Waals surface area contributed by atoms with Crippen LogP contribution in [0.15, 0.2) is 36.5 Å². The molecule has 2 rings (SSSR count). The highest BCUT2D eigenvalue weighted by atomic mass is 16.3. The second-order valence-electron chi connectivity index (χ2n) is 5.15.